The molecule has 2 aromatic carbocycles. The molecule has 3 aromatic rings. The van der Waals surface area contributed by atoms with Crippen molar-refractivity contribution in [2.24, 2.45) is 0 Å². The van der Waals surface area contributed by atoms with Crippen molar-refractivity contribution in [1.82, 2.24) is 15.2 Å². The van der Waals surface area contributed by atoms with Crippen molar-refractivity contribution in [3.8, 4) is 11.4 Å². The van der Waals surface area contributed by atoms with Gasteiger partial charge in [-0.3, -0.25) is 5.10 Å². The van der Waals surface area contributed by atoms with E-state index in [1.165, 1.54) is 11.4 Å². The third-order valence-corrected chi connectivity index (χ3v) is 4.34. The summed E-state index contributed by atoms with van der Waals surface area (Å²) in [4.78, 5) is 9.13. The average molecular weight is 305 g/mol. The van der Waals surface area contributed by atoms with Gasteiger partial charge in [-0.05, 0) is 31.2 Å². The summed E-state index contributed by atoms with van der Waals surface area (Å²) in [5, 5.41) is 6.95. The smallest absolute Gasteiger partial charge is 0.157 e. The molecular formula is C18H19N5. The zero-order valence-electron chi connectivity index (χ0n) is 13.1. The van der Waals surface area contributed by atoms with Gasteiger partial charge in [-0.2, -0.15) is 5.10 Å². The Hall–Kier alpha value is -2.82. The monoisotopic (exact) mass is 305 g/mol. The number of anilines is 2. The largest absolute Gasteiger partial charge is 0.351 e. The van der Waals surface area contributed by atoms with Gasteiger partial charge in [-0.15, -0.1) is 0 Å². The number of rotatable bonds is 3. The zero-order valence-corrected chi connectivity index (χ0v) is 13.1. The number of hydrogen-bond acceptors (Lipinski definition) is 4. The molecule has 1 aliphatic rings. The molecule has 0 bridgehead atoms. The second-order valence-corrected chi connectivity index (χ2v) is 5.87. The summed E-state index contributed by atoms with van der Waals surface area (Å²) in [7, 11) is 0. The maximum absolute atomic E-state index is 4.31. The van der Waals surface area contributed by atoms with Crippen LogP contribution in [0.4, 0.5) is 11.4 Å². The van der Waals surface area contributed by atoms with E-state index in [-0.39, 0.29) is 0 Å². The van der Waals surface area contributed by atoms with E-state index in [0.29, 0.717) is 6.04 Å². The zero-order chi connectivity index (χ0) is 15.6. The number of aromatic amines is 1. The summed E-state index contributed by atoms with van der Waals surface area (Å²) >= 11 is 0. The highest BCUT2D eigenvalue weighted by Gasteiger charge is 2.28. The number of nitrogens with zero attached hydrogens (tertiary/aromatic N) is 4. The first kappa shape index (κ1) is 13.8. The molecule has 1 saturated heterocycles. The van der Waals surface area contributed by atoms with Crippen molar-refractivity contribution in [3.05, 3.63) is 60.9 Å². The molecule has 0 radical (unpaired) electrons. The third kappa shape index (κ3) is 2.54. The van der Waals surface area contributed by atoms with E-state index in [9.17, 15) is 0 Å². The molecule has 1 N–H and O–H groups in total. The van der Waals surface area contributed by atoms with Gasteiger partial charge in [0.25, 0.3) is 0 Å². The van der Waals surface area contributed by atoms with Crippen LogP contribution in [0.15, 0.2) is 60.9 Å². The lowest BCUT2D eigenvalue weighted by Gasteiger charge is -2.24. The summed E-state index contributed by atoms with van der Waals surface area (Å²) in [6, 6.07) is 19.4. The van der Waals surface area contributed by atoms with Crippen LogP contribution in [0, 0.1) is 0 Å². The molecule has 1 aliphatic heterocycles. The molecule has 5 heteroatoms. The first-order valence-corrected chi connectivity index (χ1v) is 7.84. The van der Waals surface area contributed by atoms with Crippen molar-refractivity contribution in [3.63, 3.8) is 0 Å². The Morgan fingerprint density at radius 3 is 2.61 bits per heavy atom. The van der Waals surface area contributed by atoms with Crippen LogP contribution in [0.2, 0.25) is 0 Å². The number of aromatic nitrogens is 3. The number of H-pyrrole nitrogens is 1. The van der Waals surface area contributed by atoms with Gasteiger partial charge in [0.1, 0.15) is 6.33 Å². The molecule has 0 spiro atoms. The van der Waals surface area contributed by atoms with Gasteiger partial charge in [-0.25, -0.2) is 4.98 Å². The molecular weight excluding hydrogens is 286 g/mol. The minimum Gasteiger partial charge on any atom is -0.351 e. The predicted octanol–water partition coefficient (Wildman–Crippen LogP) is 3.14. The standard InChI is InChI=1S/C18H19N5/c1-14-11-22(13-23(14)15-7-3-2-4-8-15)17-10-6-5-9-16(17)18-19-12-20-21-18/h2-10,12,14H,11,13H2,1H3,(H,19,20,21)/t14-/m1/s1. The maximum atomic E-state index is 4.31. The fourth-order valence-corrected chi connectivity index (χ4v) is 3.21. The Labute approximate surface area is 135 Å². The minimum absolute atomic E-state index is 0.459. The fourth-order valence-electron chi connectivity index (χ4n) is 3.21. The SMILES string of the molecule is C[C@@H]1CN(c2ccccc2-c2ncn[nH]2)CN1c1ccccc1. The number of nitrogens with one attached hydrogen (secondary N) is 1. The molecule has 116 valence electrons. The van der Waals surface area contributed by atoms with Crippen LogP contribution in [0.25, 0.3) is 11.4 Å². The molecule has 1 aromatic heterocycles. The highest BCUT2D eigenvalue weighted by Crippen LogP contribution is 2.32. The van der Waals surface area contributed by atoms with E-state index in [1.807, 2.05) is 6.07 Å². The van der Waals surface area contributed by atoms with Gasteiger partial charge in [0, 0.05) is 29.5 Å². The van der Waals surface area contributed by atoms with Crippen LogP contribution in [-0.2, 0) is 0 Å². The van der Waals surface area contributed by atoms with Crippen LogP contribution >= 0.6 is 0 Å². The quantitative estimate of drug-likeness (QED) is 0.807. The second kappa shape index (κ2) is 5.76. The van der Waals surface area contributed by atoms with Gasteiger partial charge < -0.3 is 9.80 Å². The van der Waals surface area contributed by atoms with Crippen LogP contribution in [0.5, 0.6) is 0 Å². The van der Waals surface area contributed by atoms with Gasteiger partial charge in [-0.1, -0.05) is 30.3 Å². The van der Waals surface area contributed by atoms with E-state index in [0.717, 1.165) is 24.6 Å². The molecule has 2 heterocycles. The maximum Gasteiger partial charge on any atom is 0.157 e. The Kier molecular flexibility index (Phi) is 3.46. The van der Waals surface area contributed by atoms with Gasteiger partial charge >= 0.3 is 0 Å². The number of benzene rings is 2. The first-order chi connectivity index (χ1) is 11.3. The minimum atomic E-state index is 0.459. The van der Waals surface area contributed by atoms with Crippen molar-refractivity contribution >= 4 is 11.4 Å². The lowest BCUT2D eigenvalue weighted by atomic mass is 10.1. The highest BCUT2D eigenvalue weighted by atomic mass is 15.4. The molecule has 1 atom stereocenters. The van der Waals surface area contributed by atoms with Crippen molar-refractivity contribution in [2.75, 3.05) is 23.0 Å². The van der Waals surface area contributed by atoms with Crippen LogP contribution in [-0.4, -0.2) is 34.4 Å². The van der Waals surface area contributed by atoms with E-state index in [1.54, 1.807) is 6.33 Å². The number of para-hydroxylation sites is 2. The van der Waals surface area contributed by atoms with E-state index < -0.39 is 0 Å². The molecule has 0 unspecified atom stereocenters. The second-order valence-electron chi connectivity index (χ2n) is 5.87. The molecule has 5 nitrogen and oxygen atoms in total. The average Bonchev–Trinajstić information content (AvgIpc) is 3.25. The summed E-state index contributed by atoms with van der Waals surface area (Å²) in [6.45, 7) is 4.13. The Morgan fingerprint density at radius 2 is 1.83 bits per heavy atom. The van der Waals surface area contributed by atoms with E-state index in [4.69, 9.17) is 0 Å². The Balaban J connectivity index is 1.66. The van der Waals surface area contributed by atoms with Crippen molar-refractivity contribution in [2.45, 2.75) is 13.0 Å². The summed E-state index contributed by atoms with van der Waals surface area (Å²) in [5.41, 5.74) is 3.54. The van der Waals surface area contributed by atoms with Gasteiger partial charge in [0.15, 0.2) is 5.82 Å². The lowest BCUT2D eigenvalue weighted by molar-refractivity contribution is 0.778. The van der Waals surface area contributed by atoms with Crippen LogP contribution in [0.3, 0.4) is 0 Å². The normalized spacial score (nSPS) is 17.7. The fraction of sp³-hybridized carbons (Fsp3) is 0.222. The van der Waals surface area contributed by atoms with Crippen molar-refractivity contribution < 1.29 is 0 Å². The third-order valence-electron chi connectivity index (χ3n) is 4.34. The summed E-state index contributed by atoms with van der Waals surface area (Å²) in [6.07, 6.45) is 1.55. The Morgan fingerprint density at radius 1 is 1.04 bits per heavy atom. The Bertz CT molecular complexity index is 769. The van der Waals surface area contributed by atoms with Crippen LogP contribution < -0.4 is 9.80 Å². The van der Waals surface area contributed by atoms with E-state index >= 15 is 0 Å². The summed E-state index contributed by atoms with van der Waals surface area (Å²) < 4.78 is 0. The first-order valence-electron chi connectivity index (χ1n) is 7.84. The highest BCUT2D eigenvalue weighted by molar-refractivity contribution is 5.75. The van der Waals surface area contributed by atoms with Gasteiger partial charge in [0.2, 0.25) is 0 Å². The van der Waals surface area contributed by atoms with Gasteiger partial charge in [0.05, 0.1) is 6.67 Å². The molecule has 0 amide bonds. The topological polar surface area (TPSA) is 48.1 Å². The molecule has 0 aliphatic carbocycles. The van der Waals surface area contributed by atoms with Crippen molar-refractivity contribution in [1.29, 1.82) is 0 Å². The molecule has 23 heavy (non-hydrogen) atoms. The molecule has 0 saturated carbocycles. The molecule has 4 rings (SSSR count). The summed E-state index contributed by atoms with van der Waals surface area (Å²) in [5.74, 6) is 0.811. The number of hydrogen-bond donors (Lipinski definition) is 1. The van der Waals surface area contributed by atoms with E-state index in [2.05, 4.69) is 80.4 Å². The molecule has 1 fully saturated rings. The lowest BCUT2D eigenvalue weighted by Crippen LogP contribution is -2.28. The predicted molar refractivity (Wildman–Crippen MR) is 92.4 cm³/mol. The van der Waals surface area contributed by atoms with Crippen LogP contribution in [0.1, 0.15) is 6.92 Å².